The van der Waals surface area contributed by atoms with Gasteiger partial charge in [-0.3, -0.25) is 9.78 Å². The molecular weight excluding hydrogens is 318 g/mol. The van der Waals surface area contributed by atoms with Crippen LogP contribution in [0.1, 0.15) is 21.0 Å². The number of fused-ring (bicyclic) bond motifs is 2. The van der Waals surface area contributed by atoms with Gasteiger partial charge in [-0.05, 0) is 35.7 Å². The van der Waals surface area contributed by atoms with Crippen molar-refractivity contribution < 1.29 is 14.7 Å². The predicted molar refractivity (Wildman–Crippen MR) is 95.0 cm³/mol. The first-order valence-electron chi connectivity index (χ1n) is 7.62. The molecular formula is C19H13N3O3. The number of nitrogens with zero attached hydrogens (tertiary/aromatic N) is 1. The molecule has 0 aliphatic carbocycles. The van der Waals surface area contributed by atoms with E-state index in [0.29, 0.717) is 22.3 Å². The topological polar surface area (TPSA) is 95.1 Å². The number of amides is 1. The van der Waals surface area contributed by atoms with Gasteiger partial charge in [0.15, 0.2) is 0 Å². The van der Waals surface area contributed by atoms with Crippen LogP contribution in [0.15, 0.2) is 60.8 Å². The van der Waals surface area contributed by atoms with Crippen molar-refractivity contribution in [2.45, 2.75) is 0 Å². The number of aromatic carboxylic acids is 1. The molecule has 6 heteroatoms. The Morgan fingerprint density at radius 3 is 2.56 bits per heavy atom. The molecule has 1 amide bonds. The summed E-state index contributed by atoms with van der Waals surface area (Å²) >= 11 is 0. The van der Waals surface area contributed by atoms with Crippen molar-refractivity contribution in [2.24, 2.45) is 0 Å². The fraction of sp³-hybridized carbons (Fsp3) is 0. The smallest absolute Gasteiger partial charge is 0.352 e. The van der Waals surface area contributed by atoms with Gasteiger partial charge < -0.3 is 15.4 Å². The maximum absolute atomic E-state index is 12.4. The maximum atomic E-state index is 12.4. The van der Waals surface area contributed by atoms with Gasteiger partial charge in [0, 0.05) is 28.2 Å². The number of carboxylic acid groups (broad SMARTS) is 1. The number of aromatic amines is 1. The summed E-state index contributed by atoms with van der Waals surface area (Å²) in [5.74, 6) is -1.35. The molecule has 3 N–H and O–H groups in total. The number of pyridine rings is 1. The summed E-state index contributed by atoms with van der Waals surface area (Å²) in [6.07, 6.45) is 1.67. The fourth-order valence-corrected chi connectivity index (χ4v) is 2.73. The van der Waals surface area contributed by atoms with Crippen LogP contribution in [0.5, 0.6) is 0 Å². The number of benzene rings is 2. The minimum atomic E-state index is -1.03. The predicted octanol–water partition coefficient (Wildman–Crippen LogP) is 3.67. The summed E-state index contributed by atoms with van der Waals surface area (Å²) in [7, 11) is 0. The molecule has 122 valence electrons. The van der Waals surface area contributed by atoms with E-state index in [9.17, 15) is 9.59 Å². The van der Waals surface area contributed by atoms with E-state index in [4.69, 9.17) is 5.11 Å². The van der Waals surface area contributed by atoms with Crippen molar-refractivity contribution in [3.63, 3.8) is 0 Å². The molecule has 0 radical (unpaired) electrons. The first-order chi connectivity index (χ1) is 12.1. The standard InChI is InChI=1S/C19H13N3O3/c23-18(16-8-11-3-1-2-4-12(11)10-20-16)21-14-5-6-15-13(7-14)9-17(22-15)19(24)25/h1-10,22H,(H,21,23)(H,24,25). The van der Waals surface area contributed by atoms with Crippen LogP contribution in [0.4, 0.5) is 5.69 Å². The zero-order chi connectivity index (χ0) is 17.4. The van der Waals surface area contributed by atoms with Crippen LogP contribution in [0.25, 0.3) is 21.7 Å². The van der Waals surface area contributed by atoms with E-state index < -0.39 is 5.97 Å². The van der Waals surface area contributed by atoms with Crippen LogP contribution < -0.4 is 5.32 Å². The highest BCUT2D eigenvalue weighted by Gasteiger charge is 2.11. The molecule has 0 unspecified atom stereocenters. The number of nitrogens with one attached hydrogen (secondary N) is 2. The second-order valence-corrected chi connectivity index (χ2v) is 5.66. The van der Waals surface area contributed by atoms with Gasteiger partial charge in [-0.15, -0.1) is 0 Å². The number of hydrogen-bond donors (Lipinski definition) is 3. The molecule has 2 aromatic carbocycles. The molecule has 4 aromatic rings. The van der Waals surface area contributed by atoms with Crippen LogP contribution in [-0.2, 0) is 0 Å². The van der Waals surface area contributed by atoms with E-state index in [2.05, 4.69) is 15.3 Å². The third kappa shape index (κ3) is 2.81. The lowest BCUT2D eigenvalue weighted by molar-refractivity contribution is 0.0691. The molecule has 6 nitrogen and oxygen atoms in total. The molecule has 0 saturated heterocycles. The lowest BCUT2D eigenvalue weighted by Crippen LogP contribution is -2.13. The average molecular weight is 331 g/mol. The largest absolute Gasteiger partial charge is 0.477 e. The fourth-order valence-electron chi connectivity index (χ4n) is 2.73. The third-order valence-corrected chi connectivity index (χ3v) is 3.97. The number of rotatable bonds is 3. The van der Waals surface area contributed by atoms with Crippen molar-refractivity contribution in [1.82, 2.24) is 9.97 Å². The van der Waals surface area contributed by atoms with Gasteiger partial charge in [-0.25, -0.2) is 4.79 Å². The van der Waals surface area contributed by atoms with Crippen LogP contribution in [0, 0.1) is 0 Å². The SMILES string of the molecule is O=C(Nc1ccc2[nH]c(C(=O)O)cc2c1)c1cc2ccccc2cn1. The molecule has 2 aromatic heterocycles. The van der Waals surface area contributed by atoms with E-state index >= 15 is 0 Å². The third-order valence-electron chi connectivity index (χ3n) is 3.97. The highest BCUT2D eigenvalue weighted by atomic mass is 16.4. The zero-order valence-corrected chi connectivity index (χ0v) is 13.0. The minimum absolute atomic E-state index is 0.106. The monoisotopic (exact) mass is 331 g/mol. The maximum Gasteiger partial charge on any atom is 0.352 e. The molecule has 0 atom stereocenters. The van der Waals surface area contributed by atoms with E-state index in [1.807, 2.05) is 24.3 Å². The Labute approximate surface area is 142 Å². The number of carboxylic acids is 1. The molecule has 0 saturated carbocycles. The van der Waals surface area contributed by atoms with Gasteiger partial charge in [0.25, 0.3) is 5.91 Å². The molecule has 0 bridgehead atoms. The Bertz CT molecular complexity index is 1130. The Morgan fingerprint density at radius 2 is 1.76 bits per heavy atom. The van der Waals surface area contributed by atoms with Crippen molar-refractivity contribution in [2.75, 3.05) is 5.32 Å². The second kappa shape index (κ2) is 5.76. The molecule has 0 fully saturated rings. The highest BCUT2D eigenvalue weighted by molar-refractivity contribution is 6.05. The van der Waals surface area contributed by atoms with Gasteiger partial charge in [-0.2, -0.15) is 0 Å². The van der Waals surface area contributed by atoms with Crippen molar-refractivity contribution in [3.05, 3.63) is 72.2 Å². The highest BCUT2D eigenvalue weighted by Crippen LogP contribution is 2.21. The molecule has 2 heterocycles. The first-order valence-corrected chi connectivity index (χ1v) is 7.62. The Morgan fingerprint density at radius 1 is 0.960 bits per heavy atom. The molecule has 4 rings (SSSR count). The van der Waals surface area contributed by atoms with E-state index in [0.717, 1.165) is 10.8 Å². The summed E-state index contributed by atoms with van der Waals surface area (Å²) in [5.41, 5.74) is 1.69. The van der Waals surface area contributed by atoms with Crippen LogP contribution in [0.3, 0.4) is 0 Å². The van der Waals surface area contributed by atoms with Gasteiger partial charge in [0.2, 0.25) is 0 Å². The quantitative estimate of drug-likeness (QED) is 0.534. The van der Waals surface area contributed by atoms with Crippen LogP contribution in [0.2, 0.25) is 0 Å². The minimum Gasteiger partial charge on any atom is -0.477 e. The number of aromatic nitrogens is 2. The lowest BCUT2D eigenvalue weighted by Gasteiger charge is -2.06. The average Bonchev–Trinajstić information content (AvgIpc) is 3.05. The van der Waals surface area contributed by atoms with E-state index in [1.54, 1.807) is 30.5 Å². The van der Waals surface area contributed by atoms with E-state index in [-0.39, 0.29) is 11.6 Å². The first kappa shape index (κ1) is 14.9. The molecule has 25 heavy (non-hydrogen) atoms. The normalized spacial score (nSPS) is 10.9. The van der Waals surface area contributed by atoms with Crippen molar-refractivity contribution in [3.8, 4) is 0 Å². The van der Waals surface area contributed by atoms with Crippen molar-refractivity contribution >= 4 is 39.2 Å². The van der Waals surface area contributed by atoms with Crippen molar-refractivity contribution in [1.29, 1.82) is 0 Å². The Hall–Kier alpha value is -3.67. The van der Waals surface area contributed by atoms with Crippen LogP contribution >= 0.6 is 0 Å². The van der Waals surface area contributed by atoms with Gasteiger partial charge in [0.05, 0.1) is 0 Å². The van der Waals surface area contributed by atoms with Gasteiger partial charge in [-0.1, -0.05) is 24.3 Å². The molecule has 0 aliphatic rings. The Balaban J connectivity index is 1.62. The zero-order valence-electron chi connectivity index (χ0n) is 13.0. The summed E-state index contributed by atoms with van der Waals surface area (Å²) in [4.78, 5) is 30.4. The number of anilines is 1. The molecule has 0 aliphatic heterocycles. The number of hydrogen-bond acceptors (Lipinski definition) is 3. The summed E-state index contributed by atoms with van der Waals surface area (Å²) in [6, 6.07) is 16.1. The van der Waals surface area contributed by atoms with Gasteiger partial charge >= 0.3 is 5.97 Å². The summed E-state index contributed by atoms with van der Waals surface area (Å²) < 4.78 is 0. The van der Waals surface area contributed by atoms with Crippen LogP contribution in [-0.4, -0.2) is 27.0 Å². The summed E-state index contributed by atoms with van der Waals surface area (Å²) in [6.45, 7) is 0. The second-order valence-electron chi connectivity index (χ2n) is 5.66. The number of H-pyrrole nitrogens is 1. The molecule has 0 spiro atoms. The number of carbonyl (C=O) groups excluding carboxylic acids is 1. The van der Waals surface area contributed by atoms with E-state index in [1.165, 1.54) is 6.07 Å². The number of carbonyl (C=O) groups is 2. The lowest BCUT2D eigenvalue weighted by atomic mass is 10.1. The Kier molecular flexibility index (Phi) is 3.43. The van der Waals surface area contributed by atoms with Gasteiger partial charge in [0.1, 0.15) is 11.4 Å². The summed E-state index contributed by atoms with van der Waals surface area (Å²) in [5, 5.41) is 14.4.